The number of carbonyl (C=O) groups excluding carboxylic acids is 1. The lowest BCUT2D eigenvalue weighted by Gasteiger charge is -2.62. The summed E-state index contributed by atoms with van der Waals surface area (Å²) < 4.78 is 0. The van der Waals surface area contributed by atoms with Gasteiger partial charge in [0.05, 0.1) is 6.10 Å². The SMILES string of the molecule is C=C(C)[C@H](O)CC[C@@H](C)[C@H]1CC[C@@]2(C)[C@@H]3CC[C@H]4C(C)(C)C(=O)CC[C@@]45C[C@@]35CC[C@]12C. The summed E-state index contributed by atoms with van der Waals surface area (Å²) in [6.45, 7) is 18.2. The van der Waals surface area contributed by atoms with Crippen molar-refractivity contribution in [3.05, 3.63) is 12.2 Å². The molecule has 32 heavy (non-hydrogen) atoms. The van der Waals surface area contributed by atoms with Gasteiger partial charge in [0, 0.05) is 11.8 Å². The Labute approximate surface area is 197 Å². The zero-order valence-corrected chi connectivity index (χ0v) is 21.7. The van der Waals surface area contributed by atoms with Crippen molar-refractivity contribution in [1.29, 1.82) is 0 Å². The van der Waals surface area contributed by atoms with Crippen molar-refractivity contribution in [3.63, 3.8) is 0 Å². The highest BCUT2D eigenvalue weighted by Gasteiger charge is 2.82. The van der Waals surface area contributed by atoms with Gasteiger partial charge in [0.25, 0.3) is 0 Å². The lowest BCUT2D eigenvalue weighted by Crippen LogP contribution is -2.57. The van der Waals surface area contributed by atoms with Crippen LogP contribution >= 0.6 is 0 Å². The minimum atomic E-state index is -0.341. The zero-order valence-electron chi connectivity index (χ0n) is 21.7. The first-order valence-corrected chi connectivity index (χ1v) is 13.7. The van der Waals surface area contributed by atoms with Crippen LogP contribution in [0.2, 0.25) is 0 Å². The second kappa shape index (κ2) is 6.96. The van der Waals surface area contributed by atoms with Gasteiger partial charge in [0.1, 0.15) is 5.78 Å². The van der Waals surface area contributed by atoms with E-state index in [1.165, 1.54) is 51.4 Å². The predicted octanol–water partition coefficient (Wildman–Crippen LogP) is 7.35. The van der Waals surface area contributed by atoms with E-state index in [9.17, 15) is 9.90 Å². The van der Waals surface area contributed by atoms with Crippen LogP contribution in [0.3, 0.4) is 0 Å². The van der Waals surface area contributed by atoms with E-state index in [0.29, 0.717) is 39.3 Å². The van der Waals surface area contributed by atoms with E-state index < -0.39 is 0 Å². The van der Waals surface area contributed by atoms with E-state index >= 15 is 0 Å². The molecule has 0 aromatic carbocycles. The number of hydrogen-bond acceptors (Lipinski definition) is 2. The Morgan fingerprint density at radius 1 is 0.969 bits per heavy atom. The molecule has 5 aliphatic carbocycles. The maximum Gasteiger partial charge on any atom is 0.138 e. The zero-order chi connectivity index (χ0) is 23.3. The number of aliphatic hydroxyl groups excluding tert-OH is 1. The van der Waals surface area contributed by atoms with Gasteiger partial charge in [-0.15, -0.1) is 0 Å². The number of carbonyl (C=O) groups is 1. The highest BCUT2D eigenvalue weighted by molar-refractivity contribution is 5.86. The average Bonchev–Trinajstić information content (AvgIpc) is 3.31. The molecular weight excluding hydrogens is 392 g/mol. The van der Waals surface area contributed by atoms with Crippen LogP contribution in [0.5, 0.6) is 0 Å². The molecule has 2 nitrogen and oxygen atoms in total. The van der Waals surface area contributed by atoms with Crippen LogP contribution in [0.15, 0.2) is 12.2 Å². The number of ketones is 1. The molecule has 0 saturated heterocycles. The van der Waals surface area contributed by atoms with Gasteiger partial charge in [-0.3, -0.25) is 4.79 Å². The maximum atomic E-state index is 12.8. The standard InChI is InChI=1S/C30H48O2/c1-19(2)22(31)9-8-20(3)21-12-14-28(7)24-11-10-23-26(4,5)25(32)13-15-29(23)18-30(24,29)17-16-27(21,28)6/h20-24,31H,1,8-18H2,2-7H3/t20-,21-,22-,23+,24+,27-,28+,29-,30+/m1/s1. The third-order valence-electron chi connectivity index (χ3n) is 13.1. The summed E-state index contributed by atoms with van der Waals surface area (Å²) >= 11 is 0. The van der Waals surface area contributed by atoms with Crippen molar-refractivity contribution in [2.45, 2.75) is 118 Å². The van der Waals surface area contributed by atoms with Gasteiger partial charge in [0.2, 0.25) is 0 Å². The summed E-state index contributed by atoms with van der Waals surface area (Å²) in [5.74, 6) is 3.46. The number of aliphatic hydroxyl groups is 1. The average molecular weight is 441 g/mol. The first kappa shape index (κ1) is 23.1. The van der Waals surface area contributed by atoms with E-state index in [2.05, 4.69) is 41.2 Å². The predicted molar refractivity (Wildman–Crippen MR) is 131 cm³/mol. The number of rotatable bonds is 5. The van der Waals surface area contributed by atoms with Crippen LogP contribution in [0, 0.1) is 50.7 Å². The number of Topliss-reactive ketones (excluding diaryl/α,β-unsaturated/α-hetero) is 1. The van der Waals surface area contributed by atoms with Crippen LogP contribution in [0.25, 0.3) is 0 Å². The molecule has 5 saturated carbocycles. The topological polar surface area (TPSA) is 37.3 Å². The largest absolute Gasteiger partial charge is 0.389 e. The van der Waals surface area contributed by atoms with E-state index in [4.69, 9.17) is 0 Å². The Kier molecular flexibility index (Phi) is 5.03. The molecule has 2 spiro atoms. The lowest BCUT2D eigenvalue weighted by molar-refractivity contribution is -0.157. The number of fused-ring (bicyclic) bond motifs is 2. The highest BCUT2D eigenvalue weighted by atomic mass is 16.3. The maximum absolute atomic E-state index is 12.8. The van der Waals surface area contributed by atoms with Crippen LogP contribution in [-0.2, 0) is 4.79 Å². The first-order chi connectivity index (χ1) is 14.9. The Morgan fingerprint density at radius 2 is 1.62 bits per heavy atom. The van der Waals surface area contributed by atoms with Crippen molar-refractivity contribution in [2.24, 2.45) is 50.7 Å². The van der Waals surface area contributed by atoms with Gasteiger partial charge >= 0.3 is 0 Å². The van der Waals surface area contributed by atoms with Crippen molar-refractivity contribution in [3.8, 4) is 0 Å². The molecule has 0 aromatic rings. The molecule has 180 valence electrons. The molecular formula is C30H48O2. The normalized spacial score (nSPS) is 50.5. The van der Waals surface area contributed by atoms with Crippen LogP contribution < -0.4 is 0 Å². The molecule has 5 aliphatic rings. The molecule has 9 atom stereocenters. The van der Waals surface area contributed by atoms with Crippen LogP contribution in [-0.4, -0.2) is 17.0 Å². The third-order valence-corrected chi connectivity index (χ3v) is 13.1. The summed E-state index contributed by atoms with van der Waals surface area (Å²) in [5.41, 5.74) is 2.68. The fourth-order valence-corrected chi connectivity index (χ4v) is 11.0. The minimum Gasteiger partial charge on any atom is -0.389 e. The van der Waals surface area contributed by atoms with E-state index in [-0.39, 0.29) is 11.5 Å². The van der Waals surface area contributed by atoms with Crippen molar-refractivity contribution in [2.75, 3.05) is 0 Å². The quantitative estimate of drug-likeness (QED) is 0.454. The molecule has 5 fully saturated rings. The van der Waals surface area contributed by atoms with Crippen molar-refractivity contribution < 1.29 is 9.90 Å². The molecule has 0 aliphatic heterocycles. The Morgan fingerprint density at radius 3 is 2.31 bits per heavy atom. The summed E-state index contributed by atoms with van der Waals surface area (Å²) in [4.78, 5) is 12.8. The van der Waals surface area contributed by atoms with Gasteiger partial charge in [-0.05, 0) is 116 Å². The van der Waals surface area contributed by atoms with Crippen LogP contribution in [0.4, 0.5) is 0 Å². The van der Waals surface area contributed by atoms with Crippen molar-refractivity contribution >= 4 is 5.78 Å². The Balaban J connectivity index is 1.39. The molecule has 0 amide bonds. The van der Waals surface area contributed by atoms with Gasteiger partial charge < -0.3 is 5.11 Å². The molecule has 1 N–H and O–H groups in total. The summed E-state index contributed by atoms with van der Waals surface area (Å²) in [6, 6.07) is 0. The van der Waals surface area contributed by atoms with Gasteiger partial charge in [-0.1, -0.05) is 46.8 Å². The van der Waals surface area contributed by atoms with Gasteiger partial charge in [-0.2, -0.15) is 0 Å². The summed E-state index contributed by atoms with van der Waals surface area (Å²) in [5, 5.41) is 10.3. The molecule has 0 heterocycles. The fraction of sp³-hybridized carbons (Fsp3) is 0.900. The van der Waals surface area contributed by atoms with Gasteiger partial charge in [0.15, 0.2) is 0 Å². The van der Waals surface area contributed by atoms with E-state index in [0.717, 1.165) is 36.7 Å². The van der Waals surface area contributed by atoms with Crippen molar-refractivity contribution in [1.82, 2.24) is 0 Å². The molecule has 0 aromatic heterocycles. The summed E-state index contributed by atoms with van der Waals surface area (Å²) in [7, 11) is 0. The second-order valence-electron chi connectivity index (χ2n) is 14.2. The summed E-state index contributed by atoms with van der Waals surface area (Å²) in [6.07, 6.45) is 13.2. The lowest BCUT2D eigenvalue weighted by atomic mass is 9.42. The third kappa shape index (κ3) is 2.65. The number of hydrogen-bond donors (Lipinski definition) is 1. The Bertz CT molecular complexity index is 827. The second-order valence-corrected chi connectivity index (χ2v) is 14.2. The minimum absolute atomic E-state index is 0.106. The monoisotopic (exact) mass is 440 g/mol. The van der Waals surface area contributed by atoms with Gasteiger partial charge in [-0.25, -0.2) is 0 Å². The smallest absolute Gasteiger partial charge is 0.138 e. The molecule has 2 heteroatoms. The fourth-order valence-electron chi connectivity index (χ4n) is 11.0. The first-order valence-electron chi connectivity index (χ1n) is 13.7. The highest BCUT2D eigenvalue weighted by Crippen LogP contribution is 2.88. The molecule has 0 bridgehead atoms. The van der Waals surface area contributed by atoms with E-state index in [1.54, 1.807) is 0 Å². The molecule has 5 rings (SSSR count). The van der Waals surface area contributed by atoms with Crippen LogP contribution in [0.1, 0.15) is 112 Å². The molecule has 0 radical (unpaired) electrons. The van der Waals surface area contributed by atoms with E-state index in [1.807, 2.05) is 6.92 Å². The Hall–Kier alpha value is -0.630. The molecule has 0 unspecified atom stereocenters.